The van der Waals surface area contributed by atoms with Crippen LogP contribution >= 0.6 is 11.3 Å². The van der Waals surface area contributed by atoms with E-state index >= 15 is 0 Å². The molecule has 6 rings (SSSR count). The number of hydrogen-bond donors (Lipinski definition) is 0. The Kier molecular flexibility index (Phi) is 6.54. The van der Waals surface area contributed by atoms with E-state index in [4.69, 9.17) is 14.4 Å². The Bertz CT molecular complexity index is 1360. The lowest BCUT2D eigenvalue weighted by atomic mass is 9.97. The van der Waals surface area contributed by atoms with E-state index in [0.29, 0.717) is 12.3 Å². The Balaban J connectivity index is 1.02. The van der Waals surface area contributed by atoms with Gasteiger partial charge in [-0.25, -0.2) is 9.59 Å². The van der Waals surface area contributed by atoms with Crippen molar-refractivity contribution in [2.75, 3.05) is 42.9 Å². The number of benzene rings is 2. The third kappa shape index (κ3) is 4.79. The van der Waals surface area contributed by atoms with Crippen LogP contribution < -0.4 is 10.1 Å². The smallest absolute Gasteiger partial charge is 0.442 e. The molecule has 2 fully saturated rings. The van der Waals surface area contributed by atoms with Gasteiger partial charge < -0.3 is 9.57 Å². The van der Waals surface area contributed by atoms with Gasteiger partial charge in [-0.1, -0.05) is 18.2 Å². The maximum Gasteiger partial charge on any atom is 0.442 e. The number of carbonyl (C=O) groups excluding carboxylic acids is 3. The molecule has 0 N–H and O–H groups in total. The summed E-state index contributed by atoms with van der Waals surface area (Å²) in [5.41, 5.74) is 3.49. The third-order valence-electron chi connectivity index (χ3n) is 7.04. The molecule has 1 atom stereocenters. The maximum atomic E-state index is 12.6. The summed E-state index contributed by atoms with van der Waals surface area (Å²) in [5, 5.41) is 6.30. The molecule has 2 saturated heterocycles. The van der Waals surface area contributed by atoms with Crippen molar-refractivity contribution in [3.63, 3.8) is 0 Å². The van der Waals surface area contributed by atoms with Crippen LogP contribution in [0.2, 0.25) is 0 Å². The maximum absolute atomic E-state index is 12.6. The van der Waals surface area contributed by atoms with E-state index in [1.54, 1.807) is 11.3 Å². The van der Waals surface area contributed by atoms with Crippen molar-refractivity contribution in [3.8, 4) is 0 Å². The molecular weight excluding hydrogens is 494 g/mol. The van der Waals surface area contributed by atoms with Gasteiger partial charge in [-0.3, -0.25) is 19.6 Å². The summed E-state index contributed by atoms with van der Waals surface area (Å²) in [4.78, 5) is 49.6. The number of esters is 1. The zero-order valence-corrected chi connectivity index (χ0v) is 21.1. The minimum atomic E-state index is -1.18. The monoisotopic (exact) mass is 521 g/mol. The van der Waals surface area contributed by atoms with E-state index in [0.717, 1.165) is 67.3 Å². The van der Waals surface area contributed by atoms with E-state index in [-0.39, 0.29) is 6.42 Å². The number of carbonyl (C=O) groups is 3. The Morgan fingerprint density at radius 2 is 1.86 bits per heavy atom. The largest absolute Gasteiger partial charge is 0.443 e. The number of unbranched alkanes of at least 4 members (excludes halogenated alkanes) is 1. The van der Waals surface area contributed by atoms with Gasteiger partial charge >= 0.3 is 17.8 Å². The molecule has 1 unspecified atom stereocenters. The summed E-state index contributed by atoms with van der Waals surface area (Å²) in [7, 11) is 0. The molecule has 1 aromatic heterocycles. The first kappa shape index (κ1) is 23.9. The minimum Gasteiger partial charge on any atom is -0.443 e. The van der Waals surface area contributed by atoms with Gasteiger partial charge in [0.25, 0.3) is 0 Å². The molecule has 0 aliphatic carbocycles. The first-order chi connectivity index (χ1) is 18.1. The zero-order valence-electron chi connectivity index (χ0n) is 20.3. The summed E-state index contributed by atoms with van der Waals surface area (Å²) in [6.07, 6.45) is 2.05. The van der Waals surface area contributed by atoms with Crippen LogP contribution in [0.3, 0.4) is 0 Å². The molecule has 3 aliphatic heterocycles. The Morgan fingerprint density at radius 3 is 2.78 bits per heavy atom. The molecule has 1 amide bonds. The summed E-state index contributed by atoms with van der Waals surface area (Å²) in [6.45, 7) is 4.27. The topological polar surface area (TPSA) is 88.6 Å². The van der Waals surface area contributed by atoms with Crippen molar-refractivity contribution in [2.45, 2.75) is 31.8 Å². The Morgan fingerprint density at radius 1 is 0.946 bits per heavy atom. The quantitative estimate of drug-likeness (QED) is 0.278. The molecule has 37 heavy (non-hydrogen) atoms. The molecule has 2 aromatic carbocycles. The number of hydrogen-bond acceptors (Lipinski definition) is 9. The highest BCUT2D eigenvalue weighted by Gasteiger charge is 2.43. The number of nitrogens with zero attached hydrogens (tertiary/aromatic N) is 3. The second-order valence-electron chi connectivity index (χ2n) is 9.42. The normalized spacial score (nSPS) is 20.3. The van der Waals surface area contributed by atoms with E-state index in [9.17, 15) is 14.4 Å². The molecule has 0 radical (unpaired) electrons. The lowest BCUT2D eigenvalue weighted by Crippen LogP contribution is -2.43. The predicted molar refractivity (Wildman–Crippen MR) is 138 cm³/mol. The van der Waals surface area contributed by atoms with Crippen LogP contribution in [0, 0.1) is 0 Å². The average Bonchev–Trinajstić information content (AvgIpc) is 3.25. The molecule has 192 valence electrons. The molecule has 3 aliphatic rings. The minimum absolute atomic E-state index is 0.238. The van der Waals surface area contributed by atoms with Crippen LogP contribution in [0.1, 0.15) is 24.0 Å². The summed E-state index contributed by atoms with van der Waals surface area (Å²) < 4.78 is 6.23. The van der Waals surface area contributed by atoms with Crippen LogP contribution in [0.15, 0.2) is 47.8 Å². The van der Waals surface area contributed by atoms with Crippen molar-refractivity contribution >= 4 is 50.6 Å². The molecule has 2 bridgehead atoms. The van der Waals surface area contributed by atoms with Crippen molar-refractivity contribution in [1.29, 1.82) is 0 Å². The fraction of sp³-hybridized carbons (Fsp3) is 0.370. The Hall–Kier alpha value is -3.47. The summed E-state index contributed by atoms with van der Waals surface area (Å²) >= 11 is 1.74. The van der Waals surface area contributed by atoms with Crippen molar-refractivity contribution in [2.24, 2.45) is 0 Å². The van der Waals surface area contributed by atoms with Gasteiger partial charge in [0.1, 0.15) is 0 Å². The van der Waals surface area contributed by atoms with Gasteiger partial charge in [0, 0.05) is 29.6 Å². The van der Waals surface area contributed by atoms with Gasteiger partial charge in [-0.15, -0.1) is 16.4 Å². The molecule has 9 nitrogen and oxygen atoms in total. The van der Waals surface area contributed by atoms with Gasteiger partial charge in [-0.2, -0.15) is 0 Å². The highest BCUT2D eigenvalue weighted by atomic mass is 32.1. The molecule has 0 saturated carbocycles. The van der Waals surface area contributed by atoms with E-state index in [1.807, 2.05) is 23.3 Å². The second-order valence-corrected chi connectivity index (χ2v) is 10.4. The standard InChI is InChI=1S/C27H27N3O6S/c31-25-23-17-19-8-7-18(16-22(19)30(25)36-27(33)26(32)35-23)4-1-2-10-28-11-12-29(34-14-13-28)21-5-3-6-24-20(21)9-15-37-24/h3,5-9,15-16,23H,1-2,4,10-14,17H2. The number of aryl methyl sites for hydroxylation is 1. The van der Waals surface area contributed by atoms with Crippen molar-refractivity contribution in [1.82, 2.24) is 4.90 Å². The van der Waals surface area contributed by atoms with E-state index in [2.05, 4.69) is 34.5 Å². The number of thiophene rings is 1. The lowest BCUT2D eigenvalue weighted by Gasteiger charge is -2.28. The third-order valence-corrected chi connectivity index (χ3v) is 7.93. The van der Waals surface area contributed by atoms with Gasteiger partial charge in [0.05, 0.1) is 24.5 Å². The van der Waals surface area contributed by atoms with Gasteiger partial charge in [0.2, 0.25) is 0 Å². The van der Waals surface area contributed by atoms with Gasteiger partial charge in [-0.05, 0) is 66.6 Å². The highest BCUT2D eigenvalue weighted by Crippen LogP contribution is 2.33. The van der Waals surface area contributed by atoms with Gasteiger partial charge in [0.15, 0.2) is 6.10 Å². The fourth-order valence-electron chi connectivity index (χ4n) is 5.11. The predicted octanol–water partition coefficient (Wildman–Crippen LogP) is 3.25. The highest BCUT2D eigenvalue weighted by molar-refractivity contribution is 7.17. The van der Waals surface area contributed by atoms with Crippen LogP contribution in [0.25, 0.3) is 10.1 Å². The first-order valence-corrected chi connectivity index (χ1v) is 13.4. The zero-order chi connectivity index (χ0) is 25.4. The SMILES string of the molecule is O=C1OC2Cc3ccc(CCCCN4CCON(c5cccc6sccc56)CC4)cc3N(OC1=O)C2=O. The van der Waals surface area contributed by atoms with Crippen molar-refractivity contribution < 1.29 is 28.8 Å². The lowest BCUT2D eigenvalue weighted by molar-refractivity contribution is -0.166. The number of fused-ring (bicyclic) bond motifs is 5. The van der Waals surface area contributed by atoms with E-state index < -0.39 is 23.9 Å². The first-order valence-electron chi connectivity index (χ1n) is 12.5. The molecule has 10 heteroatoms. The summed E-state index contributed by atoms with van der Waals surface area (Å²) in [5.74, 6) is -2.85. The number of anilines is 2. The summed E-state index contributed by atoms with van der Waals surface area (Å²) in [6, 6.07) is 14.3. The average molecular weight is 522 g/mol. The Labute approximate surface area is 218 Å². The molecule has 3 aromatic rings. The molecule has 0 spiro atoms. The number of hydroxylamine groups is 2. The van der Waals surface area contributed by atoms with E-state index in [1.165, 1.54) is 10.1 Å². The van der Waals surface area contributed by atoms with Crippen LogP contribution in [-0.2, 0) is 41.6 Å². The number of rotatable bonds is 6. The second kappa shape index (κ2) is 10.1. The molecular formula is C27H27N3O6S. The van der Waals surface area contributed by atoms with Crippen LogP contribution in [0.5, 0.6) is 0 Å². The van der Waals surface area contributed by atoms with Crippen molar-refractivity contribution in [3.05, 3.63) is 59.0 Å². The fourth-order valence-corrected chi connectivity index (χ4v) is 5.92. The number of amides is 1. The van der Waals surface area contributed by atoms with Crippen LogP contribution in [0.4, 0.5) is 11.4 Å². The van der Waals surface area contributed by atoms with Crippen LogP contribution in [-0.4, -0.2) is 61.6 Å². The molecule has 4 heterocycles. The number of ether oxygens (including phenoxy) is 1.